The van der Waals surface area contributed by atoms with Gasteiger partial charge in [0.2, 0.25) is 0 Å². The van der Waals surface area contributed by atoms with E-state index in [2.05, 4.69) is 26.1 Å². The number of halogens is 1. The number of hydrogen-bond donors (Lipinski definition) is 2. The minimum atomic E-state index is 0.506. The lowest BCUT2D eigenvalue weighted by molar-refractivity contribution is 0.148. The predicted molar refractivity (Wildman–Crippen MR) is 52.8 cm³/mol. The molecule has 1 aromatic carbocycles. The van der Waals surface area contributed by atoms with Crippen molar-refractivity contribution < 1.29 is 4.84 Å². The number of rotatable bonds is 4. The molecule has 0 spiro atoms. The number of nitrogens with two attached hydrogens (primary N) is 1. The maximum Gasteiger partial charge on any atom is 0.0851 e. The molecule has 0 amide bonds. The van der Waals surface area contributed by atoms with E-state index in [0.717, 1.165) is 10.2 Å². The molecule has 1 aromatic rings. The molecule has 0 saturated heterocycles. The molecule has 12 heavy (non-hydrogen) atoms. The van der Waals surface area contributed by atoms with Crippen LogP contribution in [-0.4, -0.2) is 13.2 Å². The van der Waals surface area contributed by atoms with Crippen LogP contribution < -0.4 is 11.2 Å². The van der Waals surface area contributed by atoms with E-state index < -0.39 is 0 Å². The maximum atomic E-state index is 4.87. The highest BCUT2D eigenvalue weighted by atomic mass is 79.9. The summed E-state index contributed by atoms with van der Waals surface area (Å²) in [6, 6.07) is 7.93. The summed E-state index contributed by atoms with van der Waals surface area (Å²) in [5, 5.41) is 3.15. The Bertz CT molecular complexity index is 242. The van der Waals surface area contributed by atoms with E-state index in [1.807, 2.05) is 24.3 Å². The summed E-state index contributed by atoms with van der Waals surface area (Å²) >= 11 is 3.38. The van der Waals surface area contributed by atoms with Gasteiger partial charge in [-0.1, -0.05) is 22.0 Å². The van der Waals surface area contributed by atoms with Crippen LogP contribution in [0.5, 0.6) is 0 Å². The van der Waals surface area contributed by atoms with Gasteiger partial charge in [-0.2, -0.15) is 0 Å². The molecule has 0 unspecified atom stereocenters. The zero-order chi connectivity index (χ0) is 8.81. The molecular formula is C8H11BrN2O. The highest BCUT2D eigenvalue weighted by molar-refractivity contribution is 9.10. The predicted octanol–water partition coefficient (Wildman–Crippen LogP) is 1.75. The lowest BCUT2D eigenvalue weighted by Crippen LogP contribution is -2.12. The highest BCUT2D eigenvalue weighted by Crippen LogP contribution is 2.14. The second-order valence-corrected chi connectivity index (χ2v) is 3.22. The Labute approximate surface area is 80.0 Å². The third-order valence-corrected chi connectivity index (χ3v) is 1.87. The Morgan fingerprint density at radius 2 is 2.33 bits per heavy atom. The summed E-state index contributed by atoms with van der Waals surface area (Å²) < 4.78 is 1.06. The van der Waals surface area contributed by atoms with Crippen molar-refractivity contribution in [2.75, 3.05) is 18.5 Å². The van der Waals surface area contributed by atoms with Crippen molar-refractivity contribution in [2.24, 2.45) is 5.90 Å². The normalized spacial score (nSPS) is 9.83. The summed E-state index contributed by atoms with van der Waals surface area (Å²) in [6.45, 7) is 1.22. The van der Waals surface area contributed by atoms with Crippen LogP contribution in [0.25, 0.3) is 0 Å². The molecule has 0 aliphatic rings. The zero-order valence-electron chi connectivity index (χ0n) is 6.59. The van der Waals surface area contributed by atoms with Crippen LogP contribution in [0.15, 0.2) is 28.7 Å². The molecule has 4 heteroatoms. The van der Waals surface area contributed by atoms with Crippen LogP contribution in [0.3, 0.4) is 0 Å². The third kappa shape index (κ3) is 3.21. The minimum absolute atomic E-state index is 0.506. The van der Waals surface area contributed by atoms with Crippen molar-refractivity contribution in [3.8, 4) is 0 Å². The number of anilines is 1. The molecule has 0 bridgehead atoms. The molecule has 0 saturated carbocycles. The topological polar surface area (TPSA) is 47.3 Å². The summed E-state index contributed by atoms with van der Waals surface area (Å²) in [5.41, 5.74) is 1.06. The molecule has 66 valence electrons. The van der Waals surface area contributed by atoms with Crippen LogP contribution in [0.2, 0.25) is 0 Å². The van der Waals surface area contributed by atoms with Crippen molar-refractivity contribution in [3.63, 3.8) is 0 Å². The second kappa shape index (κ2) is 5.13. The number of hydrogen-bond acceptors (Lipinski definition) is 3. The Morgan fingerprint density at radius 1 is 1.50 bits per heavy atom. The van der Waals surface area contributed by atoms with E-state index in [1.54, 1.807) is 0 Å². The van der Waals surface area contributed by atoms with Gasteiger partial charge in [-0.05, 0) is 18.2 Å². The van der Waals surface area contributed by atoms with Crippen molar-refractivity contribution in [1.29, 1.82) is 0 Å². The van der Waals surface area contributed by atoms with Gasteiger partial charge in [0.25, 0.3) is 0 Å². The largest absolute Gasteiger partial charge is 0.383 e. The average molecular weight is 231 g/mol. The Balaban J connectivity index is 2.41. The summed E-state index contributed by atoms with van der Waals surface area (Å²) in [4.78, 5) is 4.42. The Hall–Kier alpha value is -0.580. The van der Waals surface area contributed by atoms with Gasteiger partial charge in [0.15, 0.2) is 0 Å². The van der Waals surface area contributed by atoms with Gasteiger partial charge >= 0.3 is 0 Å². The summed E-state index contributed by atoms with van der Waals surface area (Å²) in [6.07, 6.45) is 0. The van der Waals surface area contributed by atoms with Crippen LogP contribution in [0.4, 0.5) is 5.69 Å². The number of benzene rings is 1. The smallest absolute Gasteiger partial charge is 0.0851 e. The monoisotopic (exact) mass is 230 g/mol. The van der Waals surface area contributed by atoms with Crippen molar-refractivity contribution >= 4 is 21.6 Å². The van der Waals surface area contributed by atoms with E-state index in [1.165, 1.54) is 0 Å². The fraction of sp³-hybridized carbons (Fsp3) is 0.250. The Morgan fingerprint density at radius 3 is 3.00 bits per heavy atom. The maximum absolute atomic E-state index is 4.87. The van der Waals surface area contributed by atoms with Crippen molar-refractivity contribution in [1.82, 2.24) is 0 Å². The molecule has 3 nitrogen and oxygen atoms in total. The lowest BCUT2D eigenvalue weighted by atomic mass is 10.3. The molecular weight excluding hydrogens is 220 g/mol. The first-order chi connectivity index (χ1) is 5.83. The van der Waals surface area contributed by atoms with Crippen LogP contribution in [0.1, 0.15) is 0 Å². The summed E-state index contributed by atoms with van der Waals surface area (Å²) in [5.74, 6) is 4.87. The van der Waals surface area contributed by atoms with Gasteiger partial charge in [-0.25, -0.2) is 5.90 Å². The molecule has 1 rings (SSSR count). The SMILES string of the molecule is NOCCNc1cccc(Br)c1. The minimum Gasteiger partial charge on any atom is -0.383 e. The molecule has 0 fully saturated rings. The van der Waals surface area contributed by atoms with Gasteiger partial charge in [0.1, 0.15) is 0 Å². The van der Waals surface area contributed by atoms with E-state index in [9.17, 15) is 0 Å². The molecule has 3 N–H and O–H groups in total. The third-order valence-electron chi connectivity index (χ3n) is 1.37. The molecule has 0 aliphatic heterocycles. The molecule has 0 heterocycles. The van der Waals surface area contributed by atoms with Gasteiger partial charge in [0.05, 0.1) is 6.61 Å². The van der Waals surface area contributed by atoms with Crippen molar-refractivity contribution in [2.45, 2.75) is 0 Å². The molecule has 0 atom stereocenters. The van der Waals surface area contributed by atoms with E-state index in [0.29, 0.717) is 13.2 Å². The first-order valence-electron chi connectivity index (χ1n) is 3.64. The highest BCUT2D eigenvalue weighted by Gasteiger charge is 1.91. The van der Waals surface area contributed by atoms with E-state index >= 15 is 0 Å². The average Bonchev–Trinajstić information content (AvgIpc) is 2.05. The van der Waals surface area contributed by atoms with E-state index in [-0.39, 0.29) is 0 Å². The summed E-state index contributed by atoms with van der Waals surface area (Å²) in [7, 11) is 0. The fourth-order valence-electron chi connectivity index (χ4n) is 0.853. The molecule has 0 aromatic heterocycles. The van der Waals surface area contributed by atoms with Crippen molar-refractivity contribution in [3.05, 3.63) is 28.7 Å². The van der Waals surface area contributed by atoms with E-state index in [4.69, 9.17) is 5.90 Å². The number of nitrogens with one attached hydrogen (secondary N) is 1. The second-order valence-electron chi connectivity index (χ2n) is 2.31. The molecule has 0 aliphatic carbocycles. The Kier molecular flexibility index (Phi) is 4.07. The fourth-order valence-corrected chi connectivity index (χ4v) is 1.25. The first-order valence-corrected chi connectivity index (χ1v) is 4.43. The standard InChI is InChI=1S/C8H11BrN2O/c9-7-2-1-3-8(6-7)11-4-5-12-10/h1-3,6,11H,4-5,10H2. The first kappa shape index (κ1) is 9.51. The quantitative estimate of drug-likeness (QED) is 0.613. The molecule has 0 radical (unpaired) electrons. The zero-order valence-corrected chi connectivity index (χ0v) is 8.17. The van der Waals surface area contributed by atoms with Crippen LogP contribution in [0, 0.1) is 0 Å². The van der Waals surface area contributed by atoms with Crippen LogP contribution in [-0.2, 0) is 4.84 Å². The van der Waals surface area contributed by atoms with Gasteiger partial charge < -0.3 is 10.2 Å². The van der Waals surface area contributed by atoms with Gasteiger partial charge in [-0.15, -0.1) is 0 Å². The lowest BCUT2D eigenvalue weighted by Gasteiger charge is -2.04. The van der Waals surface area contributed by atoms with Crippen LogP contribution >= 0.6 is 15.9 Å². The van der Waals surface area contributed by atoms with Gasteiger partial charge in [-0.3, -0.25) is 0 Å². The van der Waals surface area contributed by atoms with Gasteiger partial charge in [0, 0.05) is 16.7 Å².